The van der Waals surface area contributed by atoms with Gasteiger partial charge in [0, 0.05) is 31.7 Å². The molecule has 2 heterocycles. The molecule has 0 aliphatic rings. The van der Waals surface area contributed by atoms with Crippen LogP contribution in [0.15, 0.2) is 4.79 Å². The molecular formula is C19H31N3O4S. The minimum atomic E-state index is -0.600. The van der Waals surface area contributed by atoms with Crippen molar-refractivity contribution in [2.24, 2.45) is 0 Å². The van der Waals surface area contributed by atoms with Crippen molar-refractivity contribution in [2.45, 2.75) is 52.9 Å². The maximum absolute atomic E-state index is 12.5. The number of methoxy groups -OCH3 is 1. The SMILES string of the molecule is COCCCN(Cc1nc2sc(C)c(C)c2c(=O)[nH]1)C[C@H](O)COC(C)C. The highest BCUT2D eigenvalue weighted by Crippen LogP contribution is 2.25. The Morgan fingerprint density at radius 2 is 2.07 bits per heavy atom. The molecule has 0 spiro atoms. The average Bonchev–Trinajstić information content (AvgIpc) is 2.87. The zero-order valence-corrected chi connectivity index (χ0v) is 17.7. The second kappa shape index (κ2) is 10.3. The Hall–Kier alpha value is -1.32. The van der Waals surface area contributed by atoms with Gasteiger partial charge in [0.05, 0.1) is 30.7 Å². The van der Waals surface area contributed by atoms with E-state index in [1.807, 2.05) is 27.7 Å². The molecule has 1 atom stereocenters. The van der Waals surface area contributed by atoms with E-state index in [1.165, 1.54) is 0 Å². The minimum Gasteiger partial charge on any atom is -0.389 e. The molecule has 27 heavy (non-hydrogen) atoms. The Morgan fingerprint density at radius 1 is 1.33 bits per heavy atom. The molecule has 0 unspecified atom stereocenters. The number of nitrogens with one attached hydrogen (secondary N) is 1. The summed E-state index contributed by atoms with van der Waals surface area (Å²) in [7, 11) is 1.67. The van der Waals surface area contributed by atoms with Crippen molar-refractivity contribution in [3.05, 3.63) is 26.6 Å². The molecule has 0 bridgehead atoms. The van der Waals surface area contributed by atoms with Gasteiger partial charge in [-0.15, -0.1) is 11.3 Å². The van der Waals surface area contributed by atoms with Crippen molar-refractivity contribution in [2.75, 3.05) is 33.4 Å². The van der Waals surface area contributed by atoms with Gasteiger partial charge in [0.2, 0.25) is 0 Å². The highest BCUT2D eigenvalue weighted by atomic mass is 32.1. The van der Waals surface area contributed by atoms with E-state index in [4.69, 9.17) is 9.47 Å². The van der Waals surface area contributed by atoms with Gasteiger partial charge in [-0.25, -0.2) is 4.98 Å². The fourth-order valence-corrected chi connectivity index (χ4v) is 3.96. The molecule has 0 radical (unpaired) electrons. The molecule has 0 aliphatic heterocycles. The minimum absolute atomic E-state index is 0.0762. The standard InChI is InChI=1S/C19H31N3O4S/c1-12(2)26-11-15(23)9-22(7-6-8-25-5)10-16-20-18(24)17-13(3)14(4)27-19(17)21-16/h12,15,23H,6-11H2,1-5H3,(H,20,21,24)/t15-/m0/s1. The summed E-state index contributed by atoms with van der Waals surface area (Å²) < 4.78 is 10.6. The third kappa shape index (κ3) is 6.36. The third-order valence-electron chi connectivity index (χ3n) is 4.38. The molecule has 0 aliphatic carbocycles. The van der Waals surface area contributed by atoms with Crippen molar-refractivity contribution < 1.29 is 14.6 Å². The van der Waals surface area contributed by atoms with Crippen LogP contribution in [-0.4, -0.2) is 65.6 Å². The average molecular weight is 398 g/mol. The smallest absolute Gasteiger partial charge is 0.259 e. The summed E-state index contributed by atoms with van der Waals surface area (Å²) in [6, 6.07) is 0. The van der Waals surface area contributed by atoms with Gasteiger partial charge >= 0.3 is 0 Å². The molecule has 0 aromatic carbocycles. The number of hydrogen-bond donors (Lipinski definition) is 2. The number of aliphatic hydroxyl groups is 1. The number of aryl methyl sites for hydroxylation is 2. The number of rotatable bonds is 11. The van der Waals surface area contributed by atoms with Crippen molar-refractivity contribution >= 4 is 21.6 Å². The Balaban J connectivity index is 2.13. The van der Waals surface area contributed by atoms with Crippen LogP contribution in [0, 0.1) is 13.8 Å². The van der Waals surface area contributed by atoms with Crippen LogP contribution in [0.2, 0.25) is 0 Å². The van der Waals surface area contributed by atoms with Gasteiger partial charge in [0.1, 0.15) is 10.7 Å². The number of aromatic nitrogens is 2. The lowest BCUT2D eigenvalue weighted by atomic mass is 10.2. The second-order valence-corrected chi connectivity index (χ2v) is 8.30. The molecule has 8 heteroatoms. The van der Waals surface area contributed by atoms with E-state index in [0.29, 0.717) is 30.9 Å². The number of aromatic amines is 1. The van der Waals surface area contributed by atoms with Crippen LogP contribution in [0.5, 0.6) is 0 Å². The van der Waals surface area contributed by atoms with E-state index in [1.54, 1.807) is 18.4 Å². The lowest BCUT2D eigenvalue weighted by molar-refractivity contribution is -0.0106. The second-order valence-electron chi connectivity index (χ2n) is 7.09. The zero-order valence-electron chi connectivity index (χ0n) is 16.9. The largest absolute Gasteiger partial charge is 0.389 e. The van der Waals surface area contributed by atoms with E-state index >= 15 is 0 Å². The topological polar surface area (TPSA) is 87.7 Å². The molecule has 0 fully saturated rings. The summed E-state index contributed by atoms with van der Waals surface area (Å²) >= 11 is 1.54. The summed E-state index contributed by atoms with van der Waals surface area (Å²) in [4.78, 5) is 24.0. The maximum Gasteiger partial charge on any atom is 0.259 e. The van der Waals surface area contributed by atoms with E-state index in [2.05, 4.69) is 14.9 Å². The number of aliphatic hydroxyl groups excluding tert-OH is 1. The van der Waals surface area contributed by atoms with Crippen molar-refractivity contribution in [1.29, 1.82) is 0 Å². The quantitative estimate of drug-likeness (QED) is 0.566. The fraction of sp³-hybridized carbons (Fsp3) is 0.684. The molecule has 2 aromatic rings. The van der Waals surface area contributed by atoms with Crippen LogP contribution in [0.1, 0.15) is 36.5 Å². The fourth-order valence-electron chi connectivity index (χ4n) is 2.91. The van der Waals surface area contributed by atoms with Gasteiger partial charge in [0.25, 0.3) is 5.56 Å². The van der Waals surface area contributed by atoms with Crippen LogP contribution in [0.3, 0.4) is 0 Å². The molecule has 2 rings (SSSR count). The highest BCUT2D eigenvalue weighted by Gasteiger charge is 2.17. The first-order valence-corrected chi connectivity index (χ1v) is 10.1. The van der Waals surface area contributed by atoms with Crippen LogP contribution < -0.4 is 5.56 Å². The third-order valence-corrected chi connectivity index (χ3v) is 5.48. The summed E-state index contributed by atoms with van der Waals surface area (Å²) in [6.07, 6.45) is 0.307. The summed E-state index contributed by atoms with van der Waals surface area (Å²) in [5, 5.41) is 11.0. The van der Waals surface area contributed by atoms with E-state index in [9.17, 15) is 9.90 Å². The summed E-state index contributed by atoms with van der Waals surface area (Å²) in [5.74, 6) is 0.614. The lowest BCUT2D eigenvalue weighted by Gasteiger charge is -2.25. The monoisotopic (exact) mass is 397 g/mol. The molecule has 0 saturated heterocycles. The van der Waals surface area contributed by atoms with Crippen LogP contribution in [0.4, 0.5) is 0 Å². The Bertz CT molecular complexity index is 787. The number of fused-ring (bicyclic) bond motifs is 1. The predicted octanol–water partition coefficient (Wildman–Crippen LogP) is 2.23. The molecule has 7 nitrogen and oxygen atoms in total. The maximum atomic E-state index is 12.5. The van der Waals surface area contributed by atoms with Crippen LogP contribution in [0.25, 0.3) is 10.2 Å². The Morgan fingerprint density at radius 3 is 2.74 bits per heavy atom. The normalized spacial score (nSPS) is 13.2. The van der Waals surface area contributed by atoms with E-state index in [0.717, 1.165) is 28.2 Å². The van der Waals surface area contributed by atoms with Crippen molar-refractivity contribution in [3.63, 3.8) is 0 Å². The van der Waals surface area contributed by atoms with Gasteiger partial charge in [-0.2, -0.15) is 0 Å². The van der Waals surface area contributed by atoms with Crippen molar-refractivity contribution in [1.82, 2.24) is 14.9 Å². The lowest BCUT2D eigenvalue weighted by Crippen LogP contribution is -2.37. The number of H-pyrrole nitrogens is 1. The summed E-state index contributed by atoms with van der Waals surface area (Å²) in [6.45, 7) is 10.4. The van der Waals surface area contributed by atoms with Gasteiger partial charge in [0.15, 0.2) is 0 Å². The van der Waals surface area contributed by atoms with Crippen LogP contribution >= 0.6 is 11.3 Å². The number of thiophene rings is 1. The highest BCUT2D eigenvalue weighted by molar-refractivity contribution is 7.18. The molecule has 0 saturated carbocycles. The Labute approximate surface area is 164 Å². The zero-order chi connectivity index (χ0) is 20.0. The molecule has 0 amide bonds. The van der Waals surface area contributed by atoms with Crippen molar-refractivity contribution in [3.8, 4) is 0 Å². The van der Waals surface area contributed by atoms with Gasteiger partial charge in [-0.05, 0) is 39.7 Å². The predicted molar refractivity (Wildman–Crippen MR) is 109 cm³/mol. The van der Waals surface area contributed by atoms with Crippen LogP contribution in [-0.2, 0) is 16.0 Å². The van der Waals surface area contributed by atoms with E-state index in [-0.39, 0.29) is 18.3 Å². The first-order chi connectivity index (χ1) is 12.8. The number of nitrogens with zero attached hydrogens (tertiary/aromatic N) is 2. The first kappa shape index (κ1) is 22.0. The summed E-state index contributed by atoms with van der Waals surface area (Å²) in [5.41, 5.74) is 0.894. The molecule has 2 N–H and O–H groups in total. The number of ether oxygens (including phenoxy) is 2. The molecule has 2 aromatic heterocycles. The van der Waals surface area contributed by atoms with Gasteiger partial charge in [-0.3, -0.25) is 9.69 Å². The molecular weight excluding hydrogens is 366 g/mol. The first-order valence-electron chi connectivity index (χ1n) is 9.31. The van der Waals surface area contributed by atoms with Gasteiger partial charge < -0.3 is 19.6 Å². The Kier molecular flexibility index (Phi) is 8.37. The van der Waals surface area contributed by atoms with Gasteiger partial charge in [-0.1, -0.05) is 0 Å². The van der Waals surface area contributed by atoms with E-state index < -0.39 is 6.10 Å². The number of hydrogen-bond acceptors (Lipinski definition) is 7. The molecule has 152 valence electrons.